The second-order valence-electron chi connectivity index (χ2n) is 8.45. The van der Waals surface area contributed by atoms with Crippen LogP contribution in [0, 0.1) is 0 Å². The molecule has 0 spiro atoms. The summed E-state index contributed by atoms with van der Waals surface area (Å²) in [6.07, 6.45) is 12.5. The molecule has 0 saturated carbocycles. The largest absolute Gasteiger partial charge is 2.00 e. The van der Waals surface area contributed by atoms with Gasteiger partial charge < -0.3 is 9.11 Å². The van der Waals surface area contributed by atoms with Gasteiger partial charge in [-0.15, -0.1) is 0 Å². The summed E-state index contributed by atoms with van der Waals surface area (Å²) in [7, 11) is -8.66. The van der Waals surface area contributed by atoms with E-state index in [1.807, 2.05) is 0 Å². The van der Waals surface area contributed by atoms with Crippen molar-refractivity contribution in [2.75, 3.05) is 0 Å². The topological polar surface area (TPSA) is 114 Å². The molecule has 0 aliphatic carbocycles. The zero-order chi connectivity index (χ0) is 25.5. The van der Waals surface area contributed by atoms with Crippen molar-refractivity contribution in [3.8, 4) is 0 Å². The summed E-state index contributed by atoms with van der Waals surface area (Å²) in [5.41, 5.74) is 1.30. The Bertz CT molecular complexity index is 968. The van der Waals surface area contributed by atoms with Gasteiger partial charge in [0.2, 0.25) is 0 Å². The van der Waals surface area contributed by atoms with Gasteiger partial charge in [-0.2, -0.15) is 0 Å². The minimum absolute atomic E-state index is 0. The van der Waals surface area contributed by atoms with E-state index in [2.05, 4.69) is 13.8 Å². The smallest absolute Gasteiger partial charge is 0.744 e. The van der Waals surface area contributed by atoms with Gasteiger partial charge in [0.15, 0.2) is 0 Å². The van der Waals surface area contributed by atoms with E-state index in [9.17, 15) is 25.9 Å². The van der Waals surface area contributed by atoms with Crippen LogP contribution in [0.5, 0.6) is 0 Å². The van der Waals surface area contributed by atoms with Crippen molar-refractivity contribution in [3.05, 3.63) is 59.7 Å². The molecule has 2 aromatic rings. The van der Waals surface area contributed by atoms with Crippen molar-refractivity contribution >= 4 is 43.3 Å². The van der Waals surface area contributed by atoms with Gasteiger partial charge in [-0.1, -0.05) is 102 Å². The molecule has 0 heterocycles. The zero-order valence-corrected chi connectivity index (χ0v) is 24.1. The Balaban J connectivity index is 0.000000642. The molecule has 35 heavy (non-hydrogen) atoms. The molecule has 2 rings (SSSR count). The molecular formula is C26H38MgO6S2. The van der Waals surface area contributed by atoms with Gasteiger partial charge >= 0.3 is 23.1 Å². The van der Waals surface area contributed by atoms with Crippen molar-refractivity contribution in [2.45, 2.75) is 101 Å². The average molecular weight is 535 g/mol. The Labute approximate surface area is 228 Å². The van der Waals surface area contributed by atoms with Gasteiger partial charge in [-0.05, 0) is 48.9 Å². The maximum Gasteiger partial charge on any atom is 2.00 e. The van der Waals surface area contributed by atoms with Gasteiger partial charge in [0, 0.05) is 0 Å². The summed E-state index contributed by atoms with van der Waals surface area (Å²) in [4.78, 5) is -0.119. The molecule has 192 valence electrons. The molecule has 0 radical (unpaired) electrons. The number of unbranched alkanes of at least 4 members (excludes halogenated alkanes) is 8. The van der Waals surface area contributed by atoms with Crippen LogP contribution in [0.25, 0.3) is 0 Å². The zero-order valence-electron chi connectivity index (χ0n) is 21.1. The number of hydrogen-bond acceptors (Lipinski definition) is 6. The van der Waals surface area contributed by atoms with Crippen molar-refractivity contribution in [2.24, 2.45) is 0 Å². The van der Waals surface area contributed by atoms with Crippen LogP contribution in [0.3, 0.4) is 0 Å². The van der Waals surface area contributed by atoms with E-state index in [1.54, 1.807) is 36.4 Å². The van der Waals surface area contributed by atoms with Gasteiger partial charge in [0.25, 0.3) is 0 Å². The van der Waals surface area contributed by atoms with E-state index in [-0.39, 0.29) is 32.8 Å². The van der Waals surface area contributed by atoms with E-state index >= 15 is 0 Å². The molecule has 0 aromatic heterocycles. The maximum atomic E-state index is 11.0. The third kappa shape index (κ3) is 14.4. The fourth-order valence-electron chi connectivity index (χ4n) is 3.75. The van der Waals surface area contributed by atoms with Crippen LogP contribution in [0.15, 0.2) is 58.3 Å². The van der Waals surface area contributed by atoms with E-state index in [4.69, 9.17) is 0 Å². The number of benzene rings is 2. The molecule has 0 bridgehead atoms. The normalized spacial score (nSPS) is 11.3. The SMILES string of the molecule is CCCCCCCc1ccccc1S(=O)(=O)[O-].CCCCCCCc1ccccc1S(=O)(=O)[O-].[Mg+2]. The molecule has 0 aliphatic rings. The second-order valence-corrected chi connectivity index (χ2v) is 11.1. The van der Waals surface area contributed by atoms with Crippen molar-refractivity contribution in [3.63, 3.8) is 0 Å². The van der Waals surface area contributed by atoms with Gasteiger partial charge in [-0.25, -0.2) is 16.8 Å². The number of aryl methyl sites for hydroxylation is 2. The molecule has 9 heteroatoms. The molecule has 0 fully saturated rings. The Kier molecular flexibility index (Phi) is 17.8. The van der Waals surface area contributed by atoms with Crippen LogP contribution in [0.1, 0.15) is 89.2 Å². The number of rotatable bonds is 14. The standard InChI is InChI=1S/2C13H20O3S.Mg/c2*1-2-3-4-5-6-9-12-10-7-8-11-13(12)17(14,15)16;/h2*7-8,10-11H,2-6,9H2,1H3,(H,14,15,16);/q;;+2/p-2. The average Bonchev–Trinajstić information content (AvgIpc) is 2.78. The molecule has 0 aliphatic heterocycles. The third-order valence-corrected chi connectivity index (χ3v) is 7.46. The van der Waals surface area contributed by atoms with Crippen LogP contribution in [0.2, 0.25) is 0 Å². The first-order valence-corrected chi connectivity index (χ1v) is 15.0. The minimum Gasteiger partial charge on any atom is -0.744 e. The van der Waals surface area contributed by atoms with Crippen LogP contribution < -0.4 is 0 Å². The molecule has 0 atom stereocenters. The Morgan fingerprint density at radius 1 is 0.543 bits per heavy atom. The van der Waals surface area contributed by atoms with E-state index in [1.165, 1.54) is 50.7 Å². The fourth-order valence-corrected chi connectivity index (χ4v) is 5.22. The molecular weight excluding hydrogens is 497 g/mol. The molecule has 0 unspecified atom stereocenters. The van der Waals surface area contributed by atoms with Crippen LogP contribution in [0.4, 0.5) is 0 Å². The van der Waals surface area contributed by atoms with Gasteiger partial charge in [0.05, 0.1) is 9.79 Å². The Hall–Kier alpha value is -0.974. The summed E-state index contributed by atoms with van der Waals surface area (Å²) < 4.78 is 66.2. The minimum atomic E-state index is -4.33. The van der Waals surface area contributed by atoms with Gasteiger partial charge in [0.1, 0.15) is 20.2 Å². The predicted octanol–water partition coefficient (Wildman–Crippen LogP) is 5.83. The summed E-state index contributed by atoms with van der Waals surface area (Å²) in [6.45, 7) is 4.30. The van der Waals surface area contributed by atoms with E-state index in [0.717, 1.165) is 25.7 Å². The van der Waals surface area contributed by atoms with Crippen molar-refractivity contribution < 1.29 is 25.9 Å². The summed E-state index contributed by atoms with van der Waals surface area (Å²) in [5, 5.41) is 0. The van der Waals surface area contributed by atoms with Crippen LogP contribution in [-0.2, 0) is 33.1 Å². The van der Waals surface area contributed by atoms with Crippen molar-refractivity contribution in [1.82, 2.24) is 0 Å². The van der Waals surface area contributed by atoms with Crippen molar-refractivity contribution in [1.29, 1.82) is 0 Å². The first-order chi connectivity index (χ1) is 16.1. The molecule has 6 nitrogen and oxygen atoms in total. The fraction of sp³-hybridized carbons (Fsp3) is 0.538. The second kappa shape index (κ2) is 18.3. The van der Waals surface area contributed by atoms with E-state index < -0.39 is 20.2 Å². The van der Waals surface area contributed by atoms with Crippen LogP contribution in [-0.4, -0.2) is 49.0 Å². The molecule has 2 aromatic carbocycles. The molecule has 0 amide bonds. The quantitative estimate of drug-likeness (QED) is 0.171. The number of hydrogen-bond donors (Lipinski definition) is 0. The van der Waals surface area contributed by atoms with Crippen LogP contribution >= 0.6 is 0 Å². The molecule has 0 N–H and O–H groups in total. The third-order valence-electron chi connectivity index (χ3n) is 5.58. The van der Waals surface area contributed by atoms with E-state index in [0.29, 0.717) is 24.0 Å². The summed E-state index contributed by atoms with van der Waals surface area (Å²) in [5.74, 6) is 0. The Morgan fingerprint density at radius 2 is 0.857 bits per heavy atom. The summed E-state index contributed by atoms with van der Waals surface area (Å²) in [6, 6.07) is 13.0. The van der Waals surface area contributed by atoms with Gasteiger partial charge in [-0.3, -0.25) is 0 Å². The Morgan fingerprint density at radius 3 is 1.17 bits per heavy atom. The summed E-state index contributed by atoms with van der Waals surface area (Å²) >= 11 is 0. The maximum absolute atomic E-state index is 11.0. The monoisotopic (exact) mass is 534 g/mol. The predicted molar refractivity (Wildman–Crippen MR) is 139 cm³/mol. The molecule has 0 saturated heterocycles. The first kappa shape index (κ1) is 34.0. The first-order valence-electron chi connectivity index (χ1n) is 12.2.